The van der Waals surface area contributed by atoms with Crippen molar-refractivity contribution in [1.29, 1.82) is 0 Å². The molecule has 2 N–H and O–H groups in total. The number of nitrogens with zero attached hydrogens (tertiary/aromatic N) is 1. The number of anilines is 1. The molecule has 5 nitrogen and oxygen atoms in total. The number of aromatic nitrogens is 1. The summed E-state index contributed by atoms with van der Waals surface area (Å²) in [6.45, 7) is 4.11. The van der Waals surface area contributed by atoms with E-state index in [2.05, 4.69) is 29.5 Å². The smallest absolute Gasteiger partial charge is 0.248 e. The van der Waals surface area contributed by atoms with Crippen LogP contribution in [0, 0.1) is 0 Å². The number of thiazole rings is 1. The number of carbonyl (C=O) groups is 2. The maximum atomic E-state index is 11.8. The maximum Gasteiger partial charge on any atom is 0.248 e. The third-order valence-corrected chi connectivity index (χ3v) is 3.43. The molecule has 2 heterocycles. The predicted molar refractivity (Wildman–Crippen MR) is 66.0 cm³/mol. The Kier molecular flexibility index (Phi) is 3.42. The SMILES string of the molecule is CC(C)c1csc(NC(=O)C2CCC(=O)N2)n1. The lowest BCUT2D eigenvalue weighted by Gasteiger charge is -2.08. The molecule has 6 heteroatoms. The average molecular weight is 253 g/mol. The Morgan fingerprint density at radius 3 is 2.94 bits per heavy atom. The Morgan fingerprint density at radius 1 is 1.65 bits per heavy atom. The van der Waals surface area contributed by atoms with E-state index in [0.717, 1.165) is 5.69 Å². The van der Waals surface area contributed by atoms with Gasteiger partial charge in [0.15, 0.2) is 5.13 Å². The Hall–Kier alpha value is -1.43. The molecule has 0 spiro atoms. The third kappa shape index (κ3) is 2.82. The first-order chi connectivity index (χ1) is 8.06. The van der Waals surface area contributed by atoms with Crippen molar-refractivity contribution in [3.8, 4) is 0 Å². The van der Waals surface area contributed by atoms with Gasteiger partial charge in [-0.05, 0) is 12.3 Å². The van der Waals surface area contributed by atoms with Crippen LogP contribution < -0.4 is 10.6 Å². The second-order valence-corrected chi connectivity index (χ2v) is 5.24. The van der Waals surface area contributed by atoms with Crippen molar-refractivity contribution in [3.05, 3.63) is 11.1 Å². The fraction of sp³-hybridized carbons (Fsp3) is 0.545. The van der Waals surface area contributed by atoms with E-state index >= 15 is 0 Å². The molecule has 1 saturated heterocycles. The van der Waals surface area contributed by atoms with Crippen molar-refractivity contribution < 1.29 is 9.59 Å². The quantitative estimate of drug-likeness (QED) is 0.857. The van der Waals surface area contributed by atoms with Crippen molar-refractivity contribution in [2.24, 2.45) is 0 Å². The van der Waals surface area contributed by atoms with E-state index in [-0.39, 0.29) is 11.8 Å². The van der Waals surface area contributed by atoms with Crippen LogP contribution in [0.4, 0.5) is 5.13 Å². The fourth-order valence-electron chi connectivity index (χ4n) is 1.61. The molecule has 0 radical (unpaired) electrons. The van der Waals surface area contributed by atoms with E-state index in [1.54, 1.807) is 0 Å². The Bertz CT molecular complexity index is 442. The zero-order chi connectivity index (χ0) is 12.4. The summed E-state index contributed by atoms with van der Waals surface area (Å²) in [5, 5.41) is 7.90. The van der Waals surface area contributed by atoms with Crippen LogP contribution in [0.2, 0.25) is 0 Å². The van der Waals surface area contributed by atoms with Crippen LogP contribution in [0.5, 0.6) is 0 Å². The number of nitrogens with one attached hydrogen (secondary N) is 2. The third-order valence-electron chi connectivity index (χ3n) is 2.66. The maximum absolute atomic E-state index is 11.8. The highest BCUT2D eigenvalue weighted by atomic mass is 32.1. The summed E-state index contributed by atoms with van der Waals surface area (Å²) in [4.78, 5) is 27.1. The van der Waals surface area contributed by atoms with Gasteiger partial charge in [-0.15, -0.1) is 11.3 Å². The van der Waals surface area contributed by atoms with Crippen LogP contribution in [0.3, 0.4) is 0 Å². The molecule has 2 amide bonds. The van der Waals surface area contributed by atoms with Gasteiger partial charge >= 0.3 is 0 Å². The van der Waals surface area contributed by atoms with Gasteiger partial charge < -0.3 is 10.6 Å². The molecule has 17 heavy (non-hydrogen) atoms. The summed E-state index contributed by atoms with van der Waals surface area (Å²) in [6, 6.07) is -0.408. The minimum Gasteiger partial charge on any atom is -0.344 e. The van der Waals surface area contributed by atoms with Gasteiger partial charge in [-0.1, -0.05) is 13.8 Å². The van der Waals surface area contributed by atoms with Gasteiger partial charge in [0.2, 0.25) is 11.8 Å². The zero-order valence-corrected chi connectivity index (χ0v) is 10.6. The summed E-state index contributed by atoms with van der Waals surface area (Å²) in [7, 11) is 0. The monoisotopic (exact) mass is 253 g/mol. The summed E-state index contributed by atoms with van der Waals surface area (Å²) < 4.78 is 0. The van der Waals surface area contributed by atoms with Crippen LogP contribution >= 0.6 is 11.3 Å². The number of rotatable bonds is 3. The normalized spacial score (nSPS) is 19.5. The molecule has 0 aromatic carbocycles. The van der Waals surface area contributed by atoms with Gasteiger partial charge in [0.25, 0.3) is 0 Å². The molecule has 0 saturated carbocycles. The molecule has 1 fully saturated rings. The second-order valence-electron chi connectivity index (χ2n) is 4.38. The number of hydrogen-bond donors (Lipinski definition) is 2. The first-order valence-corrected chi connectivity index (χ1v) is 6.50. The molecular formula is C11H15N3O2S. The highest BCUT2D eigenvalue weighted by Crippen LogP contribution is 2.22. The second kappa shape index (κ2) is 4.83. The van der Waals surface area contributed by atoms with Gasteiger partial charge in [0.1, 0.15) is 6.04 Å². The summed E-state index contributed by atoms with van der Waals surface area (Å²) in [5.41, 5.74) is 0.973. The topological polar surface area (TPSA) is 71.1 Å². The van der Waals surface area contributed by atoms with Crippen LogP contribution in [0.1, 0.15) is 38.3 Å². The molecule has 1 aliphatic rings. The van der Waals surface area contributed by atoms with Gasteiger partial charge in [0, 0.05) is 11.8 Å². The largest absolute Gasteiger partial charge is 0.344 e. The van der Waals surface area contributed by atoms with Crippen molar-refractivity contribution in [1.82, 2.24) is 10.3 Å². The first-order valence-electron chi connectivity index (χ1n) is 5.62. The first kappa shape index (κ1) is 12.0. The van der Waals surface area contributed by atoms with Gasteiger partial charge in [-0.3, -0.25) is 9.59 Å². The summed E-state index contributed by atoms with van der Waals surface area (Å²) in [5.74, 6) is 0.107. The fourth-order valence-corrected chi connectivity index (χ4v) is 2.49. The average Bonchev–Trinajstić information content (AvgIpc) is 2.86. The zero-order valence-electron chi connectivity index (χ0n) is 9.82. The van der Waals surface area contributed by atoms with Gasteiger partial charge in [-0.2, -0.15) is 0 Å². The lowest BCUT2D eigenvalue weighted by atomic mass is 10.2. The molecule has 0 aliphatic carbocycles. The number of amides is 2. The van der Waals surface area contributed by atoms with Crippen LogP contribution in [0.25, 0.3) is 0 Å². The van der Waals surface area contributed by atoms with Gasteiger partial charge in [-0.25, -0.2) is 4.98 Å². The van der Waals surface area contributed by atoms with Crippen LogP contribution in [-0.4, -0.2) is 22.8 Å². The molecule has 2 rings (SSSR count). The predicted octanol–water partition coefficient (Wildman–Crippen LogP) is 1.48. The Morgan fingerprint density at radius 2 is 2.41 bits per heavy atom. The molecule has 1 unspecified atom stereocenters. The minimum atomic E-state index is -0.408. The lowest BCUT2D eigenvalue weighted by Crippen LogP contribution is -2.37. The van der Waals surface area contributed by atoms with E-state index in [1.807, 2.05) is 5.38 Å². The van der Waals surface area contributed by atoms with Crippen LogP contribution in [0.15, 0.2) is 5.38 Å². The van der Waals surface area contributed by atoms with E-state index in [9.17, 15) is 9.59 Å². The standard InChI is InChI=1S/C11H15N3O2S/c1-6(2)8-5-17-11(13-8)14-10(16)7-3-4-9(15)12-7/h5-7H,3-4H2,1-2H3,(H,12,15)(H,13,14,16). The van der Waals surface area contributed by atoms with E-state index in [0.29, 0.717) is 23.9 Å². The van der Waals surface area contributed by atoms with E-state index in [4.69, 9.17) is 0 Å². The molecule has 1 aliphatic heterocycles. The molecule has 0 bridgehead atoms. The summed E-state index contributed by atoms with van der Waals surface area (Å²) >= 11 is 1.41. The molecule has 92 valence electrons. The van der Waals surface area contributed by atoms with Crippen LogP contribution in [-0.2, 0) is 9.59 Å². The van der Waals surface area contributed by atoms with E-state index < -0.39 is 6.04 Å². The molecule has 1 aromatic rings. The lowest BCUT2D eigenvalue weighted by molar-refractivity contribution is -0.122. The molecular weight excluding hydrogens is 238 g/mol. The number of carbonyl (C=O) groups excluding carboxylic acids is 2. The Balaban J connectivity index is 1.96. The highest BCUT2D eigenvalue weighted by molar-refractivity contribution is 7.13. The van der Waals surface area contributed by atoms with Crippen molar-refractivity contribution in [2.45, 2.75) is 38.6 Å². The van der Waals surface area contributed by atoms with E-state index in [1.165, 1.54) is 11.3 Å². The Labute approximate surface area is 104 Å². The van der Waals surface area contributed by atoms with Crippen molar-refractivity contribution in [2.75, 3.05) is 5.32 Å². The highest BCUT2D eigenvalue weighted by Gasteiger charge is 2.27. The molecule has 1 atom stereocenters. The molecule has 1 aromatic heterocycles. The van der Waals surface area contributed by atoms with Crippen molar-refractivity contribution >= 4 is 28.3 Å². The summed E-state index contributed by atoms with van der Waals surface area (Å²) in [6.07, 6.45) is 0.986. The minimum absolute atomic E-state index is 0.0628. The van der Waals surface area contributed by atoms with Crippen molar-refractivity contribution in [3.63, 3.8) is 0 Å². The number of hydrogen-bond acceptors (Lipinski definition) is 4. The van der Waals surface area contributed by atoms with Gasteiger partial charge in [0.05, 0.1) is 5.69 Å².